The Morgan fingerprint density at radius 3 is 3.07 bits per heavy atom. The zero-order valence-corrected chi connectivity index (χ0v) is 7.69. The molecule has 0 aliphatic heterocycles. The first kappa shape index (κ1) is 9.24. The molecule has 78 valence electrons. The highest BCUT2D eigenvalue weighted by Crippen LogP contribution is 1.98. The van der Waals surface area contributed by atoms with E-state index in [9.17, 15) is 4.79 Å². The minimum absolute atomic E-state index is 0.109. The van der Waals surface area contributed by atoms with Gasteiger partial charge in [0.1, 0.15) is 12.4 Å². The van der Waals surface area contributed by atoms with E-state index >= 15 is 0 Å². The van der Waals surface area contributed by atoms with Crippen LogP contribution in [0, 0.1) is 0 Å². The van der Waals surface area contributed by atoms with Crippen molar-refractivity contribution in [3.63, 3.8) is 0 Å². The average molecular weight is 209 g/mol. The number of carboxylic acids is 1. The van der Waals surface area contributed by atoms with Crippen LogP contribution in [-0.4, -0.2) is 47.1 Å². The normalized spacial score (nSPS) is 12.6. The number of aliphatic carboxylic acids is 1. The van der Waals surface area contributed by atoms with Gasteiger partial charge < -0.3 is 10.4 Å². The van der Waals surface area contributed by atoms with E-state index in [2.05, 4.69) is 30.8 Å². The smallest absolute Gasteiger partial charge is 0.325 e. The Balaban J connectivity index is 2.24. The fourth-order valence-corrected chi connectivity index (χ4v) is 0.887. The van der Waals surface area contributed by atoms with Crippen LogP contribution in [0.15, 0.2) is 6.33 Å². The number of fused-ring (bicyclic) bond motifs is 1. The molecule has 0 amide bonds. The number of anilines is 1. The number of rotatable bonds is 3. The molecule has 0 aliphatic rings. The van der Waals surface area contributed by atoms with Crippen molar-refractivity contribution in [1.29, 1.82) is 0 Å². The summed E-state index contributed by atoms with van der Waals surface area (Å²) in [5.74, 6) is -0.636. The van der Waals surface area contributed by atoms with Crippen molar-refractivity contribution < 1.29 is 9.90 Å². The number of carbonyl (C=O) groups is 1. The SMILES string of the molecule is CC(Nc1nnc2nncn2n1)C(=O)O. The highest BCUT2D eigenvalue weighted by atomic mass is 16.4. The van der Waals surface area contributed by atoms with Crippen molar-refractivity contribution in [1.82, 2.24) is 30.0 Å². The van der Waals surface area contributed by atoms with Crippen molar-refractivity contribution in [2.45, 2.75) is 13.0 Å². The zero-order valence-electron chi connectivity index (χ0n) is 7.69. The molecule has 1 atom stereocenters. The highest BCUT2D eigenvalue weighted by molar-refractivity contribution is 5.75. The lowest BCUT2D eigenvalue weighted by atomic mass is 10.3. The summed E-state index contributed by atoms with van der Waals surface area (Å²) < 4.78 is 1.30. The van der Waals surface area contributed by atoms with E-state index in [-0.39, 0.29) is 11.7 Å². The number of nitrogens with zero attached hydrogens (tertiary/aromatic N) is 6. The van der Waals surface area contributed by atoms with E-state index in [4.69, 9.17) is 5.11 Å². The average Bonchev–Trinajstić information content (AvgIpc) is 2.64. The fraction of sp³-hybridized carbons (Fsp3) is 0.333. The summed E-state index contributed by atoms with van der Waals surface area (Å²) in [6, 6.07) is -0.791. The number of hydrogen-bond acceptors (Lipinski definition) is 7. The monoisotopic (exact) mass is 209 g/mol. The molecule has 1 unspecified atom stereocenters. The molecule has 2 aromatic heterocycles. The van der Waals surface area contributed by atoms with Crippen molar-refractivity contribution in [2.24, 2.45) is 0 Å². The summed E-state index contributed by atoms with van der Waals surface area (Å²) in [4.78, 5) is 10.5. The molecule has 0 aliphatic carbocycles. The molecular formula is C6H7N7O2. The van der Waals surface area contributed by atoms with E-state index < -0.39 is 12.0 Å². The van der Waals surface area contributed by atoms with Crippen LogP contribution < -0.4 is 5.32 Å². The molecule has 0 spiro atoms. The van der Waals surface area contributed by atoms with Gasteiger partial charge >= 0.3 is 5.97 Å². The molecule has 0 fully saturated rings. The predicted molar refractivity (Wildman–Crippen MR) is 47.1 cm³/mol. The predicted octanol–water partition coefficient (Wildman–Crippen LogP) is -1.20. The summed E-state index contributed by atoms with van der Waals surface area (Å²) in [6.45, 7) is 1.47. The van der Waals surface area contributed by atoms with Gasteiger partial charge in [-0.25, -0.2) is 0 Å². The standard InChI is InChI=1S/C6H7N7O2/c1-3(4(14)15)8-5-9-11-6-10-7-2-13(6)12-5/h2-3H,1H3,(H,8,12)(H,14,15). The molecule has 15 heavy (non-hydrogen) atoms. The van der Waals surface area contributed by atoms with E-state index in [1.807, 2.05) is 0 Å². The fourth-order valence-electron chi connectivity index (χ4n) is 0.887. The molecule has 2 rings (SSSR count). The van der Waals surface area contributed by atoms with E-state index in [1.165, 1.54) is 17.8 Å². The molecule has 0 radical (unpaired) electrons. The molecular weight excluding hydrogens is 202 g/mol. The number of nitrogens with one attached hydrogen (secondary N) is 1. The second kappa shape index (κ2) is 3.44. The first-order valence-electron chi connectivity index (χ1n) is 4.07. The van der Waals surface area contributed by atoms with Crippen molar-refractivity contribution in [2.75, 3.05) is 5.32 Å². The van der Waals surface area contributed by atoms with Crippen LogP contribution in [0.5, 0.6) is 0 Å². The first-order valence-corrected chi connectivity index (χ1v) is 4.07. The Hall–Kier alpha value is -2.32. The number of aromatic nitrogens is 6. The maximum absolute atomic E-state index is 10.5. The van der Waals surface area contributed by atoms with Crippen LogP contribution in [0.2, 0.25) is 0 Å². The lowest BCUT2D eigenvalue weighted by Gasteiger charge is -2.06. The van der Waals surface area contributed by atoms with Gasteiger partial charge in [-0.2, -0.15) is 4.52 Å². The summed E-state index contributed by atoms with van der Waals surface area (Å²) in [6.07, 6.45) is 1.35. The van der Waals surface area contributed by atoms with Crippen molar-refractivity contribution >= 4 is 17.7 Å². The topological polar surface area (TPSA) is 118 Å². The Morgan fingerprint density at radius 2 is 2.33 bits per heavy atom. The van der Waals surface area contributed by atoms with Crippen LogP contribution in [0.1, 0.15) is 6.92 Å². The zero-order chi connectivity index (χ0) is 10.8. The van der Waals surface area contributed by atoms with Crippen LogP contribution in [0.4, 0.5) is 5.95 Å². The molecule has 2 N–H and O–H groups in total. The lowest BCUT2D eigenvalue weighted by molar-refractivity contribution is -0.137. The summed E-state index contributed by atoms with van der Waals surface area (Å²) in [5.41, 5.74) is 0. The van der Waals surface area contributed by atoms with E-state index in [1.54, 1.807) is 0 Å². The molecule has 2 aromatic rings. The van der Waals surface area contributed by atoms with Gasteiger partial charge in [-0.15, -0.1) is 25.5 Å². The van der Waals surface area contributed by atoms with Gasteiger partial charge in [-0.1, -0.05) is 0 Å². The maximum Gasteiger partial charge on any atom is 0.325 e. The molecule has 0 saturated heterocycles. The highest BCUT2D eigenvalue weighted by Gasteiger charge is 2.12. The maximum atomic E-state index is 10.5. The second-order valence-corrected chi connectivity index (χ2v) is 2.80. The van der Waals surface area contributed by atoms with Crippen LogP contribution >= 0.6 is 0 Å². The third-order valence-electron chi connectivity index (χ3n) is 1.67. The number of hydrogen-bond donors (Lipinski definition) is 2. The third-order valence-corrected chi connectivity index (χ3v) is 1.67. The molecule has 0 saturated carbocycles. The minimum atomic E-state index is -0.998. The Kier molecular flexibility index (Phi) is 2.12. The lowest BCUT2D eigenvalue weighted by Crippen LogP contribution is -2.27. The Bertz CT molecular complexity index is 495. The van der Waals surface area contributed by atoms with Gasteiger partial charge in [0.15, 0.2) is 0 Å². The molecule has 0 bridgehead atoms. The van der Waals surface area contributed by atoms with Gasteiger partial charge in [0.2, 0.25) is 0 Å². The first-order chi connectivity index (χ1) is 7.16. The Labute approximate surface area is 83.2 Å². The van der Waals surface area contributed by atoms with E-state index in [0.717, 1.165) is 0 Å². The van der Waals surface area contributed by atoms with E-state index in [0.29, 0.717) is 0 Å². The molecule has 2 heterocycles. The minimum Gasteiger partial charge on any atom is -0.480 e. The van der Waals surface area contributed by atoms with Crippen LogP contribution in [0.3, 0.4) is 0 Å². The number of carboxylic acid groups (broad SMARTS) is 1. The van der Waals surface area contributed by atoms with Gasteiger partial charge in [-0.3, -0.25) is 4.79 Å². The summed E-state index contributed by atoms with van der Waals surface area (Å²) in [5, 5.41) is 29.6. The van der Waals surface area contributed by atoms with Gasteiger partial charge in [0.25, 0.3) is 11.7 Å². The third kappa shape index (κ3) is 1.80. The van der Waals surface area contributed by atoms with Crippen molar-refractivity contribution in [3.8, 4) is 0 Å². The van der Waals surface area contributed by atoms with Crippen LogP contribution in [0.25, 0.3) is 5.78 Å². The van der Waals surface area contributed by atoms with Crippen molar-refractivity contribution in [3.05, 3.63) is 6.33 Å². The largest absolute Gasteiger partial charge is 0.480 e. The van der Waals surface area contributed by atoms with Crippen LogP contribution in [-0.2, 0) is 4.79 Å². The quantitative estimate of drug-likeness (QED) is 0.647. The second-order valence-electron chi connectivity index (χ2n) is 2.80. The van der Waals surface area contributed by atoms with Gasteiger partial charge in [0.05, 0.1) is 0 Å². The molecule has 0 aromatic carbocycles. The summed E-state index contributed by atoms with van der Waals surface area (Å²) >= 11 is 0. The Morgan fingerprint density at radius 1 is 1.53 bits per heavy atom. The summed E-state index contributed by atoms with van der Waals surface area (Å²) in [7, 11) is 0. The van der Waals surface area contributed by atoms with Gasteiger partial charge in [-0.05, 0) is 6.92 Å². The van der Waals surface area contributed by atoms with Gasteiger partial charge in [0, 0.05) is 0 Å². The molecule has 9 heteroatoms. The molecule has 9 nitrogen and oxygen atoms in total.